The molecule has 3 heteroatoms. The van der Waals surface area contributed by atoms with Gasteiger partial charge in [0, 0.05) is 4.47 Å². The Hall–Kier alpha value is -1.87. The molecule has 1 N–H and O–H groups in total. The Morgan fingerprint density at radius 3 is 2.45 bits per heavy atom. The van der Waals surface area contributed by atoms with E-state index in [0.717, 1.165) is 26.7 Å². The summed E-state index contributed by atoms with van der Waals surface area (Å²) in [5.74, 6) is -0.923. The number of halogens is 1. The van der Waals surface area contributed by atoms with Crippen molar-refractivity contribution in [2.24, 2.45) is 0 Å². The van der Waals surface area contributed by atoms with Crippen molar-refractivity contribution in [3.8, 4) is 0 Å². The van der Waals surface area contributed by atoms with Gasteiger partial charge in [0.1, 0.15) is 0 Å². The summed E-state index contributed by atoms with van der Waals surface area (Å²) in [5.41, 5.74) is 4.12. The summed E-state index contributed by atoms with van der Waals surface area (Å²) in [6.07, 6.45) is 1.69. The maximum Gasteiger partial charge on any atom is 0.336 e. The first kappa shape index (κ1) is 14.5. The SMILES string of the molecule is Cc1ccc(/C(=C/c2cccc(Br)c2)C(=O)O)cc1C. The zero-order chi connectivity index (χ0) is 14.7. The fourth-order valence-corrected chi connectivity index (χ4v) is 2.36. The predicted octanol–water partition coefficient (Wildman–Crippen LogP) is 4.69. The molecule has 102 valence electrons. The van der Waals surface area contributed by atoms with Gasteiger partial charge in [0.25, 0.3) is 0 Å². The Morgan fingerprint density at radius 1 is 1.10 bits per heavy atom. The molecule has 0 heterocycles. The minimum absolute atomic E-state index is 0.297. The second kappa shape index (κ2) is 6.06. The van der Waals surface area contributed by atoms with Crippen LogP contribution in [0.4, 0.5) is 0 Å². The topological polar surface area (TPSA) is 37.3 Å². The predicted molar refractivity (Wildman–Crippen MR) is 85.6 cm³/mol. The molecule has 2 aromatic carbocycles. The number of rotatable bonds is 3. The van der Waals surface area contributed by atoms with Crippen LogP contribution in [0.3, 0.4) is 0 Å². The van der Waals surface area contributed by atoms with Crippen molar-refractivity contribution in [2.75, 3.05) is 0 Å². The van der Waals surface area contributed by atoms with Gasteiger partial charge in [-0.15, -0.1) is 0 Å². The van der Waals surface area contributed by atoms with E-state index >= 15 is 0 Å². The van der Waals surface area contributed by atoms with Gasteiger partial charge in [0.15, 0.2) is 0 Å². The highest BCUT2D eigenvalue weighted by Crippen LogP contribution is 2.22. The van der Waals surface area contributed by atoms with Crippen molar-refractivity contribution < 1.29 is 9.90 Å². The largest absolute Gasteiger partial charge is 0.478 e. The molecular formula is C17H15BrO2. The number of aliphatic carboxylic acids is 1. The molecule has 0 fully saturated rings. The first-order valence-electron chi connectivity index (χ1n) is 6.25. The van der Waals surface area contributed by atoms with Crippen molar-refractivity contribution in [1.29, 1.82) is 0 Å². The Kier molecular flexibility index (Phi) is 4.40. The molecule has 0 atom stereocenters. The number of carboxylic acids is 1. The fourth-order valence-electron chi connectivity index (χ4n) is 1.94. The van der Waals surface area contributed by atoms with E-state index < -0.39 is 5.97 Å². The van der Waals surface area contributed by atoms with Crippen LogP contribution in [0.15, 0.2) is 46.9 Å². The Morgan fingerprint density at radius 2 is 1.85 bits per heavy atom. The maximum absolute atomic E-state index is 11.5. The Bertz CT molecular complexity index is 687. The number of benzene rings is 2. The molecule has 0 saturated carbocycles. The van der Waals surface area contributed by atoms with Crippen molar-refractivity contribution in [1.82, 2.24) is 0 Å². The van der Waals surface area contributed by atoms with Gasteiger partial charge in [0.05, 0.1) is 5.57 Å². The number of carbonyl (C=O) groups is 1. The molecule has 0 bridgehead atoms. The number of hydrogen-bond donors (Lipinski definition) is 1. The Balaban J connectivity index is 2.51. The average molecular weight is 331 g/mol. The lowest BCUT2D eigenvalue weighted by Crippen LogP contribution is -2.00. The second-order valence-electron chi connectivity index (χ2n) is 4.72. The van der Waals surface area contributed by atoms with Crippen LogP contribution in [0.25, 0.3) is 11.6 Å². The zero-order valence-corrected chi connectivity index (χ0v) is 12.9. The van der Waals surface area contributed by atoms with Gasteiger partial charge in [-0.05, 0) is 54.3 Å². The van der Waals surface area contributed by atoms with E-state index in [-0.39, 0.29) is 0 Å². The summed E-state index contributed by atoms with van der Waals surface area (Å²) in [5, 5.41) is 9.44. The molecule has 0 aliphatic heterocycles. The molecule has 0 saturated heterocycles. The van der Waals surface area contributed by atoms with Gasteiger partial charge >= 0.3 is 5.97 Å². The molecule has 2 nitrogen and oxygen atoms in total. The molecule has 0 aromatic heterocycles. The first-order valence-corrected chi connectivity index (χ1v) is 7.05. The third kappa shape index (κ3) is 3.36. The molecule has 0 amide bonds. The van der Waals surface area contributed by atoms with Gasteiger partial charge in [-0.2, -0.15) is 0 Å². The first-order chi connectivity index (χ1) is 9.47. The van der Waals surface area contributed by atoms with E-state index in [0.29, 0.717) is 5.57 Å². The van der Waals surface area contributed by atoms with Gasteiger partial charge < -0.3 is 5.11 Å². The van der Waals surface area contributed by atoms with E-state index in [1.807, 2.05) is 56.3 Å². The lowest BCUT2D eigenvalue weighted by atomic mass is 9.99. The van der Waals surface area contributed by atoms with E-state index in [1.54, 1.807) is 6.08 Å². The van der Waals surface area contributed by atoms with Gasteiger partial charge in [-0.25, -0.2) is 4.79 Å². The summed E-state index contributed by atoms with van der Waals surface area (Å²) < 4.78 is 0.927. The molecule has 0 aliphatic carbocycles. The summed E-state index contributed by atoms with van der Waals surface area (Å²) in [6.45, 7) is 4.00. The van der Waals surface area contributed by atoms with Crippen LogP contribution in [-0.4, -0.2) is 11.1 Å². The van der Waals surface area contributed by atoms with Gasteiger partial charge in [-0.1, -0.05) is 46.3 Å². The minimum Gasteiger partial charge on any atom is -0.478 e. The van der Waals surface area contributed by atoms with Crippen LogP contribution in [0, 0.1) is 13.8 Å². The van der Waals surface area contributed by atoms with Gasteiger partial charge in [-0.3, -0.25) is 0 Å². The highest BCUT2D eigenvalue weighted by Gasteiger charge is 2.11. The highest BCUT2D eigenvalue weighted by atomic mass is 79.9. The molecule has 2 rings (SSSR count). The van der Waals surface area contributed by atoms with Crippen molar-refractivity contribution in [3.05, 3.63) is 69.2 Å². The molecule has 2 aromatic rings. The smallest absolute Gasteiger partial charge is 0.336 e. The fraction of sp³-hybridized carbons (Fsp3) is 0.118. The van der Waals surface area contributed by atoms with Crippen LogP contribution in [0.5, 0.6) is 0 Å². The van der Waals surface area contributed by atoms with Gasteiger partial charge in [0.2, 0.25) is 0 Å². The van der Waals surface area contributed by atoms with E-state index in [1.165, 1.54) is 0 Å². The molecule has 0 spiro atoms. The van der Waals surface area contributed by atoms with Crippen molar-refractivity contribution >= 4 is 33.5 Å². The van der Waals surface area contributed by atoms with Crippen LogP contribution in [0.1, 0.15) is 22.3 Å². The third-order valence-electron chi connectivity index (χ3n) is 3.21. The van der Waals surface area contributed by atoms with Crippen LogP contribution >= 0.6 is 15.9 Å². The van der Waals surface area contributed by atoms with E-state index in [9.17, 15) is 9.90 Å². The van der Waals surface area contributed by atoms with E-state index in [4.69, 9.17) is 0 Å². The summed E-state index contributed by atoms with van der Waals surface area (Å²) in [7, 11) is 0. The van der Waals surface area contributed by atoms with Crippen molar-refractivity contribution in [3.63, 3.8) is 0 Å². The van der Waals surface area contributed by atoms with Crippen LogP contribution < -0.4 is 0 Å². The number of carboxylic acid groups (broad SMARTS) is 1. The molecule has 0 radical (unpaired) electrons. The van der Waals surface area contributed by atoms with Crippen molar-refractivity contribution in [2.45, 2.75) is 13.8 Å². The van der Waals surface area contributed by atoms with E-state index in [2.05, 4.69) is 15.9 Å². The maximum atomic E-state index is 11.5. The number of aryl methyl sites for hydroxylation is 2. The molecule has 0 unspecified atom stereocenters. The number of hydrogen-bond acceptors (Lipinski definition) is 1. The molecular weight excluding hydrogens is 316 g/mol. The third-order valence-corrected chi connectivity index (χ3v) is 3.70. The average Bonchev–Trinajstić information content (AvgIpc) is 2.39. The monoisotopic (exact) mass is 330 g/mol. The standard InChI is InChI=1S/C17H15BrO2/c1-11-6-7-14(8-12(11)2)16(17(19)20)10-13-4-3-5-15(18)9-13/h3-10H,1-2H3,(H,19,20)/b16-10-. The summed E-state index contributed by atoms with van der Waals surface area (Å²) in [6, 6.07) is 13.3. The van der Waals surface area contributed by atoms with Crippen LogP contribution in [0.2, 0.25) is 0 Å². The summed E-state index contributed by atoms with van der Waals surface area (Å²) in [4.78, 5) is 11.5. The lowest BCUT2D eigenvalue weighted by molar-refractivity contribution is -0.130. The molecule has 0 aliphatic rings. The van der Waals surface area contributed by atoms with Crippen LogP contribution in [-0.2, 0) is 4.79 Å². The quantitative estimate of drug-likeness (QED) is 0.654. The second-order valence-corrected chi connectivity index (χ2v) is 5.63. The highest BCUT2D eigenvalue weighted by molar-refractivity contribution is 9.10. The molecule has 20 heavy (non-hydrogen) atoms. The zero-order valence-electron chi connectivity index (χ0n) is 11.4. The summed E-state index contributed by atoms with van der Waals surface area (Å²) >= 11 is 3.39. The normalized spacial score (nSPS) is 11.4. The minimum atomic E-state index is -0.923. The lowest BCUT2D eigenvalue weighted by Gasteiger charge is -2.07. The Labute approximate surface area is 126 Å².